The van der Waals surface area contributed by atoms with Gasteiger partial charge in [0.05, 0.1) is 5.57 Å². The Balaban J connectivity index is 1.55. The van der Waals surface area contributed by atoms with Crippen LogP contribution in [-0.4, -0.2) is 27.0 Å². The van der Waals surface area contributed by atoms with Crippen molar-refractivity contribution in [2.24, 2.45) is 0 Å². The van der Waals surface area contributed by atoms with Crippen LogP contribution in [0.15, 0.2) is 68.9 Å². The average Bonchev–Trinajstić information content (AvgIpc) is 3.58. The molecule has 37 heavy (non-hydrogen) atoms. The molecule has 10 heteroatoms. The molecule has 1 atom stereocenters. The number of aryl methyl sites for hydroxylation is 3. The monoisotopic (exact) mass is 535 g/mol. The quantitative estimate of drug-likeness (QED) is 0.105. The minimum absolute atomic E-state index is 0.0798. The molecular formula is C27H22FN3O4S2. The molecule has 0 spiro atoms. The number of hydrogen-bond acceptors (Lipinski definition) is 8. The van der Waals surface area contributed by atoms with E-state index in [1.165, 1.54) is 22.7 Å². The third kappa shape index (κ3) is 4.70. The van der Waals surface area contributed by atoms with Crippen molar-refractivity contribution in [2.45, 2.75) is 36.9 Å². The zero-order chi connectivity index (χ0) is 26.3. The Morgan fingerprint density at radius 2 is 1.89 bits per heavy atom. The van der Waals surface area contributed by atoms with Crippen molar-refractivity contribution in [1.82, 2.24) is 10.2 Å². The second kappa shape index (κ2) is 9.95. The number of thioether (sulfide) groups is 1. The van der Waals surface area contributed by atoms with Crippen molar-refractivity contribution >= 4 is 45.7 Å². The molecule has 0 aliphatic carbocycles. The molecule has 5 rings (SSSR count). The van der Waals surface area contributed by atoms with Gasteiger partial charge in [-0.3, -0.25) is 14.5 Å². The largest absolute Gasteiger partial charge is 0.507 e. The summed E-state index contributed by atoms with van der Waals surface area (Å²) in [6.07, 6.45) is 0. The third-order valence-electron chi connectivity index (χ3n) is 6.03. The molecule has 1 saturated heterocycles. The van der Waals surface area contributed by atoms with Gasteiger partial charge in [-0.1, -0.05) is 59.0 Å². The number of anilines is 1. The van der Waals surface area contributed by atoms with Gasteiger partial charge in [-0.25, -0.2) is 4.39 Å². The van der Waals surface area contributed by atoms with Crippen LogP contribution in [0.3, 0.4) is 0 Å². The molecule has 188 valence electrons. The van der Waals surface area contributed by atoms with Gasteiger partial charge in [0.1, 0.15) is 29.1 Å². The van der Waals surface area contributed by atoms with Gasteiger partial charge in [0.15, 0.2) is 4.34 Å². The van der Waals surface area contributed by atoms with E-state index < -0.39 is 17.7 Å². The highest BCUT2D eigenvalue weighted by Gasteiger charge is 2.50. The number of amides is 1. The molecule has 1 aliphatic rings. The lowest BCUT2D eigenvalue weighted by Crippen LogP contribution is -2.29. The predicted molar refractivity (Wildman–Crippen MR) is 140 cm³/mol. The number of aliphatic hydroxyl groups excluding tert-OH is 1. The van der Waals surface area contributed by atoms with Gasteiger partial charge in [-0.15, -0.1) is 10.2 Å². The van der Waals surface area contributed by atoms with E-state index >= 15 is 0 Å². The molecular weight excluding hydrogens is 513 g/mol. The summed E-state index contributed by atoms with van der Waals surface area (Å²) in [6, 6.07) is 14.3. The first kappa shape index (κ1) is 24.9. The first-order valence-electron chi connectivity index (χ1n) is 11.4. The van der Waals surface area contributed by atoms with Crippen LogP contribution < -0.4 is 4.90 Å². The molecule has 1 fully saturated rings. The zero-order valence-corrected chi connectivity index (χ0v) is 21.8. The van der Waals surface area contributed by atoms with Crippen LogP contribution in [0.4, 0.5) is 9.52 Å². The molecule has 1 N–H and O–H groups in total. The number of aromatic nitrogens is 2. The molecule has 7 nitrogen and oxygen atoms in total. The Labute approximate surface area is 220 Å². The summed E-state index contributed by atoms with van der Waals surface area (Å²) in [6.45, 7) is 5.45. The molecule has 2 aromatic heterocycles. The minimum Gasteiger partial charge on any atom is -0.507 e. The van der Waals surface area contributed by atoms with E-state index in [0.717, 1.165) is 22.5 Å². The van der Waals surface area contributed by atoms with Crippen molar-refractivity contribution in [3.8, 4) is 0 Å². The number of nitrogens with zero attached hydrogens (tertiary/aromatic N) is 3. The average molecular weight is 536 g/mol. The van der Waals surface area contributed by atoms with Crippen molar-refractivity contribution < 1.29 is 23.5 Å². The van der Waals surface area contributed by atoms with Gasteiger partial charge in [0.2, 0.25) is 5.13 Å². The van der Waals surface area contributed by atoms with Crippen LogP contribution in [0.2, 0.25) is 0 Å². The number of rotatable bonds is 6. The Morgan fingerprint density at radius 3 is 2.62 bits per heavy atom. The van der Waals surface area contributed by atoms with Crippen LogP contribution in [0.25, 0.3) is 5.76 Å². The van der Waals surface area contributed by atoms with Gasteiger partial charge in [0.25, 0.3) is 5.78 Å². The van der Waals surface area contributed by atoms with Crippen LogP contribution in [0, 0.1) is 26.6 Å². The smallest absolute Gasteiger partial charge is 0.302 e. The number of aliphatic hydroxyl groups is 1. The van der Waals surface area contributed by atoms with Gasteiger partial charge in [-0.05, 0) is 56.2 Å². The standard InChI is InChI=1S/C27H22FN3O4S2/c1-14-8-9-15(2)18(12-14)23(32)21-22(20-11-10-16(3)35-20)31(25(34)24(21)33)26-29-30-27(37-26)36-13-17-6-4-5-7-19(17)28/h4-12,22,32H,13H2,1-3H3/b23-21+. The molecule has 4 aromatic rings. The SMILES string of the molecule is Cc1ccc(C)c(/C(O)=C2\C(=O)C(=O)N(c3nnc(SCc4ccccc4F)s3)C2c2ccc(C)o2)c1. The van der Waals surface area contributed by atoms with Crippen LogP contribution in [0.1, 0.15) is 39.8 Å². The maximum atomic E-state index is 14.0. The van der Waals surface area contributed by atoms with E-state index in [1.54, 1.807) is 43.3 Å². The number of ketones is 1. The summed E-state index contributed by atoms with van der Waals surface area (Å²) in [5, 5.41) is 19.8. The number of carbonyl (C=O) groups excluding carboxylic acids is 2. The topological polar surface area (TPSA) is 96.5 Å². The molecule has 0 bridgehead atoms. The van der Waals surface area contributed by atoms with Gasteiger partial charge < -0.3 is 9.52 Å². The number of hydrogen-bond donors (Lipinski definition) is 1. The third-order valence-corrected chi connectivity index (χ3v) is 8.14. The number of benzene rings is 2. The van der Waals surface area contributed by atoms with Crippen LogP contribution >= 0.6 is 23.1 Å². The summed E-state index contributed by atoms with van der Waals surface area (Å²) in [5.74, 6) is -1.04. The molecule has 1 amide bonds. The summed E-state index contributed by atoms with van der Waals surface area (Å²) in [4.78, 5) is 27.8. The lowest BCUT2D eigenvalue weighted by molar-refractivity contribution is -0.132. The normalized spacial score (nSPS) is 17.1. The highest BCUT2D eigenvalue weighted by atomic mass is 32.2. The predicted octanol–water partition coefficient (Wildman–Crippen LogP) is 6.11. The fourth-order valence-electron chi connectivity index (χ4n) is 4.15. The number of furan rings is 1. The van der Waals surface area contributed by atoms with Crippen molar-refractivity contribution in [2.75, 3.05) is 4.90 Å². The number of Topliss-reactive ketones (excluding diaryl/α,β-unsaturated/α-hetero) is 1. The highest BCUT2D eigenvalue weighted by molar-refractivity contribution is 8.00. The Hall–Kier alpha value is -3.76. The molecule has 3 heterocycles. The Morgan fingerprint density at radius 1 is 1.11 bits per heavy atom. The van der Waals surface area contributed by atoms with Crippen LogP contribution in [-0.2, 0) is 15.3 Å². The maximum Gasteiger partial charge on any atom is 0.302 e. The number of carbonyl (C=O) groups is 2. The van der Waals surface area contributed by atoms with E-state index in [9.17, 15) is 19.1 Å². The lowest BCUT2D eigenvalue weighted by Gasteiger charge is -2.20. The fourth-order valence-corrected chi connectivity index (χ4v) is 6.00. The van der Waals surface area contributed by atoms with Gasteiger partial charge in [0, 0.05) is 11.3 Å². The van der Waals surface area contributed by atoms with Crippen LogP contribution in [0.5, 0.6) is 0 Å². The van der Waals surface area contributed by atoms with Crippen molar-refractivity contribution in [3.05, 3.63) is 99.8 Å². The second-order valence-electron chi connectivity index (χ2n) is 8.67. The van der Waals surface area contributed by atoms with Crippen molar-refractivity contribution in [3.63, 3.8) is 0 Å². The molecule has 2 aromatic carbocycles. The summed E-state index contributed by atoms with van der Waals surface area (Å²) in [7, 11) is 0. The molecule has 1 aliphatic heterocycles. The lowest BCUT2D eigenvalue weighted by atomic mass is 9.96. The molecule has 0 saturated carbocycles. The second-order valence-corrected chi connectivity index (χ2v) is 10.8. The molecule has 1 unspecified atom stereocenters. The first-order valence-corrected chi connectivity index (χ1v) is 13.2. The fraction of sp³-hybridized carbons (Fsp3) is 0.185. The van der Waals surface area contributed by atoms with E-state index in [-0.39, 0.29) is 22.3 Å². The highest BCUT2D eigenvalue weighted by Crippen LogP contribution is 2.44. The van der Waals surface area contributed by atoms with E-state index in [1.807, 2.05) is 26.0 Å². The van der Waals surface area contributed by atoms with Gasteiger partial charge in [-0.2, -0.15) is 0 Å². The zero-order valence-electron chi connectivity index (χ0n) is 20.2. The molecule has 0 radical (unpaired) electrons. The Bertz CT molecular complexity index is 1560. The minimum atomic E-state index is -1.02. The maximum absolute atomic E-state index is 14.0. The first-order chi connectivity index (χ1) is 17.7. The summed E-state index contributed by atoms with van der Waals surface area (Å²) < 4.78 is 20.3. The summed E-state index contributed by atoms with van der Waals surface area (Å²) >= 11 is 2.38. The van der Waals surface area contributed by atoms with E-state index in [4.69, 9.17) is 4.42 Å². The van der Waals surface area contributed by atoms with Gasteiger partial charge >= 0.3 is 5.91 Å². The van der Waals surface area contributed by atoms with E-state index in [2.05, 4.69) is 10.2 Å². The van der Waals surface area contributed by atoms with Crippen molar-refractivity contribution in [1.29, 1.82) is 0 Å². The summed E-state index contributed by atoms with van der Waals surface area (Å²) in [5.41, 5.74) is 2.55. The Kier molecular flexibility index (Phi) is 6.70. The van der Waals surface area contributed by atoms with E-state index in [0.29, 0.717) is 32.7 Å². The number of halogens is 1.